The predicted octanol–water partition coefficient (Wildman–Crippen LogP) is 2.40. The molecule has 160 valence electrons. The van der Waals surface area contributed by atoms with Crippen molar-refractivity contribution >= 4 is 35.2 Å². The van der Waals surface area contributed by atoms with Crippen molar-refractivity contribution in [3.05, 3.63) is 65.7 Å². The number of carbonyl (C=O) groups excluding carboxylic acids is 3. The van der Waals surface area contributed by atoms with E-state index in [2.05, 4.69) is 10.6 Å². The highest BCUT2D eigenvalue weighted by Gasteiger charge is 2.70. The van der Waals surface area contributed by atoms with Gasteiger partial charge in [-0.2, -0.15) is 11.8 Å². The van der Waals surface area contributed by atoms with Crippen LogP contribution < -0.4 is 10.6 Å². The summed E-state index contributed by atoms with van der Waals surface area (Å²) in [6.45, 7) is 0.337. The summed E-state index contributed by atoms with van der Waals surface area (Å²) in [6.07, 6.45) is 3.36. The summed E-state index contributed by atoms with van der Waals surface area (Å²) in [7, 11) is 0. The third-order valence-corrected chi connectivity index (χ3v) is 7.46. The van der Waals surface area contributed by atoms with Crippen LogP contribution in [0.15, 0.2) is 54.6 Å². The Labute approximate surface area is 185 Å². The zero-order valence-corrected chi connectivity index (χ0v) is 18.2. The molecule has 4 atom stereocenters. The maximum absolute atomic E-state index is 13.6. The fourth-order valence-electron chi connectivity index (χ4n) is 5.42. The molecule has 2 saturated heterocycles. The molecule has 3 amide bonds. The van der Waals surface area contributed by atoms with Crippen LogP contribution in [0.5, 0.6) is 0 Å². The molecule has 0 unspecified atom stereocenters. The predicted molar refractivity (Wildman–Crippen MR) is 121 cm³/mol. The first kappa shape index (κ1) is 20.3. The van der Waals surface area contributed by atoms with E-state index in [1.807, 2.05) is 60.9 Å². The monoisotopic (exact) mass is 435 g/mol. The Kier molecular flexibility index (Phi) is 5.10. The summed E-state index contributed by atoms with van der Waals surface area (Å²) in [4.78, 5) is 41.8. The molecule has 7 heteroatoms. The Balaban J connectivity index is 1.51. The lowest BCUT2D eigenvalue weighted by Gasteiger charge is -2.29. The van der Waals surface area contributed by atoms with Crippen LogP contribution in [-0.4, -0.2) is 47.2 Å². The first-order valence-electron chi connectivity index (χ1n) is 10.6. The zero-order valence-electron chi connectivity index (χ0n) is 17.3. The first-order valence-corrected chi connectivity index (χ1v) is 12.0. The van der Waals surface area contributed by atoms with E-state index in [9.17, 15) is 14.4 Å². The molecule has 0 radical (unpaired) electrons. The van der Waals surface area contributed by atoms with Gasteiger partial charge in [-0.15, -0.1) is 0 Å². The summed E-state index contributed by atoms with van der Waals surface area (Å²) >= 11 is 1.70. The number of imide groups is 1. The summed E-state index contributed by atoms with van der Waals surface area (Å²) < 4.78 is 0. The number of para-hydroxylation sites is 1. The van der Waals surface area contributed by atoms with E-state index < -0.39 is 17.4 Å². The van der Waals surface area contributed by atoms with Gasteiger partial charge in [0.15, 0.2) is 0 Å². The van der Waals surface area contributed by atoms with Gasteiger partial charge in [0.05, 0.1) is 11.8 Å². The third-order valence-electron chi connectivity index (χ3n) is 6.81. The van der Waals surface area contributed by atoms with Crippen LogP contribution in [0.1, 0.15) is 17.5 Å². The molecule has 6 nitrogen and oxygen atoms in total. The van der Waals surface area contributed by atoms with E-state index in [0.29, 0.717) is 18.7 Å². The van der Waals surface area contributed by atoms with Crippen molar-refractivity contribution in [3.8, 4) is 0 Å². The molecule has 2 aromatic rings. The number of anilines is 1. The van der Waals surface area contributed by atoms with Gasteiger partial charge in [-0.1, -0.05) is 48.5 Å². The highest BCUT2D eigenvalue weighted by atomic mass is 32.2. The topological polar surface area (TPSA) is 78.5 Å². The van der Waals surface area contributed by atoms with Gasteiger partial charge in [-0.25, -0.2) is 0 Å². The molecule has 0 saturated carbocycles. The number of fused-ring (bicyclic) bond motifs is 4. The summed E-state index contributed by atoms with van der Waals surface area (Å²) in [5.41, 5.74) is 1.38. The molecular weight excluding hydrogens is 410 g/mol. The Morgan fingerprint density at radius 3 is 2.52 bits per heavy atom. The van der Waals surface area contributed by atoms with Crippen LogP contribution >= 0.6 is 11.8 Å². The molecule has 31 heavy (non-hydrogen) atoms. The van der Waals surface area contributed by atoms with Crippen LogP contribution in [0.2, 0.25) is 0 Å². The smallest absolute Gasteiger partial charge is 0.250 e. The average Bonchev–Trinajstić information content (AvgIpc) is 3.36. The zero-order chi connectivity index (χ0) is 21.6. The largest absolute Gasteiger partial charge is 0.324 e. The van der Waals surface area contributed by atoms with Crippen molar-refractivity contribution in [2.24, 2.45) is 11.8 Å². The van der Waals surface area contributed by atoms with Crippen LogP contribution in [0.25, 0.3) is 0 Å². The van der Waals surface area contributed by atoms with E-state index in [1.54, 1.807) is 11.8 Å². The fraction of sp³-hybridized carbons (Fsp3) is 0.375. The Bertz CT molecular complexity index is 1040. The number of amides is 3. The van der Waals surface area contributed by atoms with Crippen LogP contribution in [0, 0.1) is 11.8 Å². The number of hydrogen-bond donors (Lipinski definition) is 2. The normalized spacial score (nSPS) is 28.9. The van der Waals surface area contributed by atoms with E-state index >= 15 is 0 Å². The molecule has 0 aromatic heterocycles. The Hall–Kier alpha value is -2.64. The Morgan fingerprint density at radius 2 is 1.74 bits per heavy atom. The number of thioether (sulfide) groups is 1. The summed E-state index contributed by atoms with van der Waals surface area (Å²) in [6, 6.07) is 17.1. The van der Waals surface area contributed by atoms with E-state index in [0.717, 1.165) is 23.3 Å². The average molecular weight is 436 g/mol. The van der Waals surface area contributed by atoms with Gasteiger partial charge in [-0.05, 0) is 36.5 Å². The molecule has 3 aliphatic heterocycles. The van der Waals surface area contributed by atoms with E-state index in [1.165, 1.54) is 4.90 Å². The van der Waals surface area contributed by atoms with Gasteiger partial charge in [0.25, 0.3) is 0 Å². The minimum absolute atomic E-state index is 0.154. The van der Waals surface area contributed by atoms with Gasteiger partial charge >= 0.3 is 0 Å². The maximum Gasteiger partial charge on any atom is 0.250 e. The number of nitrogens with one attached hydrogen (secondary N) is 2. The number of carbonyl (C=O) groups is 3. The molecule has 3 heterocycles. The van der Waals surface area contributed by atoms with Crippen LogP contribution in [0.3, 0.4) is 0 Å². The standard InChI is InChI=1S/C24H25N3O3S/c1-31-14-12-18-19-20(24(26-18)16-9-5-6-10-17(16)25-23(24)30)22(29)27(21(19)28)13-11-15-7-3-2-4-8-15/h2-10,18-20,26H,11-14H2,1H3,(H,25,30)/t18-,19-,20-,24+/m0/s1. The molecule has 0 bridgehead atoms. The van der Waals surface area contributed by atoms with Crippen molar-refractivity contribution in [1.29, 1.82) is 0 Å². The second-order valence-electron chi connectivity index (χ2n) is 8.41. The molecule has 2 fully saturated rings. The van der Waals surface area contributed by atoms with Crippen molar-refractivity contribution in [2.45, 2.75) is 24.4 Å². The quantitative estimate of drug-likeness (QED) is 0.682. The summed E-state index contributed by atoms with van der Waals surface area (Å²) in [5, 5.41) is 6.41. The van der Waals surface area contributed by atoms with Crippen LogP contribution in [-0.2, 0) is 26.3 Å². The number of rotatable bonds is 6. The van der Waals surface area contributed by atoms with Gasteiger partial charge in [-0.3, -0.25) is 24.6 Å². The van der Waals surface area contributed by atoms with Crippen LogP contribution in [0.4, 0.5) is 5.69 Å². The molecule has 3 aliphatic rings. The molecule has 1 spiro atoms. The lowest BCUT2D eigenvalue weighted by atomic mass is 9.76. The van der Waals surface area contributed by atoms with Crippen molar-refractivity contribution < 1.29 is 14.4 Å². The summed E-state index contributed by atoms with van der Waals surface area (Å²) in [5.74, 6) is -1.01. The van der Waals surface area contributed by atoms with E-state index in [4.69, 9.17) is 0 Å². The lowest BCUT2D eigenvalue weighted by Crippen LogP contribution is -2.53. The fourth-order valence-corrected chi connectivity index (χ4v) is 5.91. The van der Waals surface area contributed by atoms with Crippen molar-refractivity contribution in [3.63, 3.8) is 0 Å². The number of nitrogens with zero attached hydrogens (tertiary/aromatic N) is 1. The molecular formula is C24H25N3O3S. The van der Waals surface area contributed by atoms with Crippen molar-refractivity contribution in [1.82, 2.24) is 10.2 Å². The van der Waals surface area contributed by atoms with Crippen molar-refractivity contribution in [2.75, 3.05) is 23.9 Å². The van der Waals surface area contributed by atoms with E-state index in [-0.39, 0.29) is 23.8 Å². The van der Waals surface area contributed by atoms with Gasteiger partial charge in [0.2, 0.25) is 17.7 Å². The third kappa shape index (κ3) is 3.02. The second-order valence-corrected chi connectivity index (χ2v) is 9.39. The first-order chi connectivity index (χ1) is 15.1. The lowest BCUT2D eigenvalue weighted by molar-refractivity contribution is -0.142. The molecule has 0 aliphatic carbocycles. The number of likely N-dealkylation sites (tertiary alicyclic amines) is 1. The highest BCUT2D eigenvalue weighted by molar-refractivity contribution is 7.98. The molecule has 2 aromatic carbocycles. The second kappa shape index (κ2) is 7.80. The number of benzene rings is 2. The minimum Gasteiger partial charge on any atom is -0.324 e. The number of hydrogen-bond acceptors (Lipinski definition) is 5. The van der Waals surface area contributed by atoms with Gasteiger partial charge in [0, 0.05) is 23.8 Å². The highest BCUT2D eigenvalue weighted by Crippen LogP contribution is 2.53. The van der Waals surface area contributed by atoms with Gasteiger partial charge in [0.1, 0.15) is 5.54 Å². The minimum atomic E-state index is -1.18. The molecule has 2 N–H and O–H groups in total. The SMILES string of the molecule is CSCC[C@@H]1N[C@@]2(C(=O)Nc3ccccc32)[C@@H]2C(=O)N(CCc3ccccc3)C(=O)[C@@H]12. The van der Waals surface area contributed by atoms with Gasteiger partial charge < -0.3 is 5.32 Å². The maximum atomic E-state index is 13.6. The Morgan fingerprint density at radius 1 is 1.00 bits per heavy atom. The molecule has 5 rings (SSSR count).